The van der Waals surface area contributed by atoms with Gasteiger partial charge in [-0.3, -0.25) is 0 Å². The zero-order valence-electron chi connectivity index (χ0n) is 8.01. The van der Waals surface area contributed by atoms with Gasteiger partial charge in [-0.2, -0.15) is 0 Å². The lowest BCUT2D eigenvalue weighted by Gasteiger charge is -2.08. The SMILES string of the molecule is Cc1ncc2cc(C(N)CO)ccn12. The maximum Gasteiger partial charge on any atom is 0.110 e. The first-order chi connectivity index (χ1) is 6.72. The zero-order chi connectivity index (χ0) is 10.1. The van der Waals surface area contributed by atoms with Crippen molar-refractivity contribution < 1.29 is 5.11 Å². The monoisotopic (exact) mass is 191 g/mol. The lowest BCUT2D eigenvalue weighted by molar-refractivity contribution is 0.268. The van der Waals surface area contributed by atoms with E-state index >= 15 is 0 Å². The number of nitrogens with zero attached hydrogens (tertiary/aromatic N) is 2. The Labute approximate surface area is 82.0 Å². The van der Waals surface area contributed by atoms with Gasteiger partial charge >= 0.3 is 0 Å². The second kappa shape index (κ2) is 3.40. The molecule has 0 aliphatic heterocycles. The van der Waals surface area contributed by atoms with Crippen LogP contribution in [0.25, 0.3) is 5.52 Å². The molecule has 0 fully saturated rings. The molecule has 0 saturated carbocycles. The van der Waals surface area contributed by atoms with Crippen LogP contribution in [0.15, 0.2) is 24.5 Å². The maximum atomic E-state index is 8.92. The summed E-state index contributed by atoms with van der Waals surface area (Å²) in [4.78, 5) is 4.18. The molecule has 1 unspecified atom stereocenters. The van der Waals surface area contributed by atoms with Crippen LogP contribution in [0.3, 0.4) is 0 Å². The molecule has 3 N–H and O–H groups in total. The Morgan fingerprint density at radius 2 is 2.43 bits per heavy atom. The molecule has 14 heavy (non-hydrogen) atoms. The van der Waals surface area contributed by atoms with E-state index in [9.17, 15) is 0 Å². The van der Waals surface area contributed by atoms with Gasteiger partial charge in [0, 0.05) is 6.20 Å². The summed E-state index contributed by atoms with van der Waals surface area (Å²) >= 11 is 0. The molecule has 74 valence electrons. The summed E-state index contributed by atoms with van der Waals surface area (Å²) in [5.41, 5.74) is 7.65. The lowest BCUT2D eigenvalue weighted by atomic mass is 10.1. The van der Waals surface area contributed by atoms with Crippen molar-refractivity contribution in [3.8, 4) is 0 Å². The average molecular weight is 191 g/mol. The van der Waals surface area contributed by atoms with Gasteiger partial charge < -0.3 is 15.2 Å². The van der Waals surface area contributed by atoms with Crippen molar-refractivity contribution in [2.75, 3.05) is 6.61 Å². The van der Waals surface area contributed by atoms with Gasteiger partial charge in [-0.15, -0.1) is 0 Å². The van der Waals surface area contributed by atoms with Crippen LogP contribution in [0, 0.1) is 6.92 Å². The number of hydrogen-bond acceptors (Lipinski definition) is 3. The number of aliphatic hydroxyl groups is 1. The highest BCUT2D eigenvalue weighted by Crippen LogP contribution is 2.14. The highest BCUT2D eigenvalue weighted by atomic mass is 16.3. The third kappa shape index (κ3) is 1.38. The largest absolute Gasteiger partial charge is 0.394 e. The van der Waals surface area contributed by atoms with Crippen molar-refractivity contribution in [1.29, 1.82) is 0 Å². The topological polar surface area (TPSA) is 63.5 Å². The number of aryl methyl sites for hydroxylation is 1. The molecule has 1 atom stereocenters. The number of imidazole rings is 1. The van der Waals surface area contributed by atoms with Crippen molar-refractivity contribution in [2.45, 2.75) is 13.0 Å². The van der Waals surface area contributed by atoms with E-state index in [4.69, 9.17) is 10.8 Å². The molecule has 0 spiro atoms. The molecule has 2 aromatic rings. The number of nitrogens with two attached hydrogens (primary N) is 1. The zero-order valence-corrected chi connectivity index (χ0v) is 8.01. The van der Waals surface area contributed by atoms with E-state index < -0.39 is 0 Å². The molecule has 0 aromatic carbocycles. The van der Waals surface area contributed by atoms with Gasteiger partial charge in [0.2, 0.25) is 0 Å². The Hall–Kier alpha value is -1.39. The Kier molecular flexibility index (Phi) is 2.23. The minimum atomic E-state index is -0.310. The highest BCUT2D eigenvalue weighted by Gasteiger charge is 2.05. The van der Waals surface area contributed by atoms with E-state index in [-0.39, 0.29) is 12.6 Å². The van der Waals surface area contributed by atoms with Gasteiger partial charge in [0.25, 0.3) is 0 Å². The maximum absolute atomic E-state index is 8.92. The fraction of sp³-hybridized carbons (Fsp3) is 0.300. The van der Waals surface area contributed by atoms with Gasteiger partial charge in [0.1, 0.15) is 5.82 Å². The molecule has 0 saturated heterocycles. The Balaban J connectivity index is 2.52. The standard InChI is InChI=1S/C10H13N3O/c1-7-12-5-9-4-8(10(11)6-14)2-3-13(7)9/h2-5,10,14H,6,11H2,1H3. The molecule has 0 bridgehead atoms. The van der Waals surface area contributed by atoms with E-state index in [0.717, 1.165) is 16.9 Å². The van der Waals surface area contributed by atoms with E-state index in [2.05, 4.69) is 4.98 Å². The molecule has 4 heteroatoms. The number of fused-ring (bicyclic) bond motifs is 1. The quantitative estimate of drug-likeness (QED) is 0.732. The van der Waals surface area contributed by atoms with E-state index in [1.807, 2.05) is 29.7 Å². The van der Waals surface area contributed by atoms with E-state index in [1.54, 1.807) is 6.20 Å². The summed E-state index contributed by atoms with van der Waals surface area (Å²) in [7, 11) is 0. The number of hydrogen-bond donors (Lipinski definition) is 2. The fourth-order valence-electron chi connectivity index (χ4n) is 1.49. The minimum Gasteiger partial charge on any atom is -0.394 e. The van der Waals surface area contributed by atoms with Crippen molar-refractivity contribution in [1.82, 2.24) is 9.38 Å². The molecule has 2 heterocycles. The van der Waals surface area contributed by atoms with Crippen LogP contribution in [0.4, 0.5) is 0 Å². The Morgan fingerprint density at radius 1 is 1.64 bits per heavy atom. The summed E-state index contributed by atoms with van der Waals surface area (Å²) in [6.07, 6.45) is 3.71. The van der Waals surface area contributed by atoms with Crippen LogP contribution in [0.5, 0.6) is 0 Å². The van der Waals surface area contributed by atoms with Crippen molar-refractivity contribution in [3.63, 3.8) is 0 Å². The molecule has 0 amide bonds. The van der Waals surface area contributed by atoms with Crippen LogP contribution in [0.2, 0.25) is 0 Å². The molecule has 0 aliphatic carbocycles. The average Bonchev–Trinajstić information content (AvgIpc) is 2.59. The van der Waals surface area contributed by atoms with Crippen LogP contribution >= 0.6 is 0 Å². The summed E-state index contributed by atoms with van der Waals surface area (Å²) < 4.78 is 1.98. The van der Waals surface area contributed by atoms with Gasteiger partial charge in [-0.05, 0) is 24.6 Å². The molecule has 4 nitrogen and oxygen atoms in total. The fourth-order valence-corrected chi connectivity index (χ4v) is 1.49. The first kappa shape index (κ1) is 9.18. The van der Waals surface area contributed by atoms with Crippen molar-refractivity contribution in [3.05, 3.63) is 35.9 Å². The number of rotatable bonds is 2. The summed E-state index contributed by atoms with van der Waals surface area (Å²) in [6, 6.07) is 3.54. The molecule has 0 radical (unpaired) electrons. The Morgan fingerprint density at radius 3 is 3.14 bits per heavy atom. The van der Waals surface area contributed by atoms with E-state index in [1.165, 1.54) is 0 Å². The third-order valence-electron chi connectivity index (χ3n) is 2.37. The molecular weight excluding hydrogens is 178 g/mol. The van der Waals surface area contributed by atoms with Gasteiger partial charge in [0.05, 0.1) is 24.4 Å². The molecular formula is C10H13N3O. The summed E-state index contributed by atoms with van der Waals surface area (Å²) in [5.74, 6) is 0.948. The van der Waals surface area contributed by atoms with Gasteiger partial charge in [0.15, 0.2) is 0 Å². The van der Waals surface area contributed by atoms with Crippen LogP contribution in [-0.2, 0) is 0 Å². The van der Waals surface area contributed by atoms with Crippen LogP contribution < -0.4 is 5.73 Å². The van der Waals surface area contributed by atoms with Crippen molar-refractivity contribution >= 4 is 5.52 Å². The Bertz CT molecular complexity index is 450. The normalized spacial score (nSPS) is 13.4. The summed E-state index contributed by atoms with van der Waals surface area (Å²) in [6.45, 7) is 1.90. The first-order valence-corrected chi connectivity index (χ1v) is 4.52. The second-order valence-electron chi connectivity index (χ2n) is 3.35. The predicted octanol–water partition coefficient (Wildman–Crippen LogP) is 0.635. The third-order valence-corrected chi connectivity index (χ3v) is 2.37. The predicted molar refractivity (Wildman–Crippen MR) is 53.9 cm³/mol. The highest BCUT2D eigenvalue weighted by molar-refractivity contribution is 5.48. The number of aliphatic hydroxyl groups excluding tert-OH is 1. The molecule has 0 aliphatic rings. The second-order valence-corrected chi connectivity index (χ2v) is 3.35. The minimum absolute atomic E-state index is 0.0384. The van der Waals surface area contributed by atoms with Crippen molar-refractivity contribution in [2.24, 2.45) is 5.73 Å². The number of aromatic nitrogens is 2. The smallest absolute Gasteiger partial charge is 0.110 e. The molecule has 2 rings (SSSR count). The first-order valence-electron chi connectivity index (χ1n) is 4.52. The van der Waals surface area contributed by atoms with Crippen LogP contribution in [0.1, 0.15) is 17.4 Å². The lowest BCUT2D eigenvalue weighted by Crippen LogP contribution is -2.14. The van der Waals surface area contributed by atoms with Gasteiger partial charge in [-0.25, -0.2) is 4.98 Å². The number of pyridine rings is 1. The van der Waals surface area contributed by atoms with E-state index in [0.29, 0.717) is 0 Å². The summed E-state index contributed by atoms with van der Waals surface area (Å²) in [5, 5.41) is 8.92. The molecule has 2 aromatic heterocycles. The van der Waals surface area contributed by atoms with Crippen LogP contribution in [-0.4, -0.2) is 21.1 Å². The van der Waals surface area contributed by atoms with Gasteiger partial charge in [-0.1, -0.05) is 0 Å².